The Kier molecular flexibility index (Phi) is 5.25. The van der Waals surface area contributed by atoms with Crippen LogP contribution < -0.4 is 4.72 Å². The average molecular weight is 409 g/mol. The highest BCUT2D eigenvalue weighted by Gasteiger charge is 2.50. The lowest BCUT2D eigenvalue weighted by atomic mass is 9.73. The van der Waals surface area contributed by atoms with E-state index < -0.39 is 32.8 Å². The van der Waals surface area contributed by atoms with E-state index in [9.17, 15) is 10.4 Å². The summed E-state index contributed by atoms with van der Waals surface area (Å²) in [5, 5.41) is 0. The maximum Gasteiger partial charge on any atom is 0.410 e. The highest BCUT2D eigenvalue weighted by molar-refractivity contribution is 7.84. The van der Waals surface area contributed by atoms with E-state index in [0.717, 1.165) is 11.3 Å². The van der Waals surface area contributed by atoms with Crippen molar-refractivity contribution in [3.63, 3.8) is 0 Å². The zero-order valence-corrected chi connectivity index (χ0v) is 18.6. The van der Waals surface area contributed by atoms with Gasteiger partial charge in [-0.2, -0.15) is 0 Å². The molecule has 2 atom stereocenters. The molecule has 2 aliphatic rings. The normalized spacial score (nSPS) is 25.9. The topological polar surface area (TPSA) is 71.5 Å². The van der Waals surface area contributed by atoms with Gasteiger partial charge < -0.3 is 9.64 Å². The number of nitrogens with one attached hydrogen (secondary N) is 1. The van der Waals surface area contributed by atoms with Gasteiger partial charge in [-0.15, -0.1) is 0 Å². The van der Waals surface area contributed by atoms with Gasteiger partial charge in [-0.3, -0.25) is 4.98 Å². The second-order valence-corrected chi connectivity index (χ2v) is 11.7. The molecule has 0 bridgehead atoms. The van der Waals surface area contributed by atoms with Crippen molar-refractivity contribution in [2.24, 2.45) is 5.41 Å². The number of piperidine rings is 1. The number of carbonyl (C=O) groups excluding carboxylic acids is 1. The number of hydrogen-bond donors (Lipinski definition) is 1. The van der Waals surface area contributed by atoms with Gasteiger partial charge >= 0.3 is 6.09 Å². The van der Waals surface area contributed by atoms with Gasteiger partial charge in [-0.1, -0.05) is 6.07 Å². The fourth-order valence-corrected chi connectivity index (χ4v) is 4.60. The van der Waals surface area contributed by atoms with Gasteiger partial charge in [-0.05, 0) is 77.8 Å². The summed E-state index contributed by atoms with van der Waals surface area (Å²) in [6.07, 6.45) is 3.32. The maximum absolute atomic E-state index is 13.0. The Morgan fingerprint density at radius 1 is 1.32 bits per heavy atom. The van der Waals surface area contributed by atoms with Crippen LogP contribution in [0.3, 0.4) is 0 Å². The quantitative estimate of drug-likeness (QED) is 0.809. The summed E-state index contributed by atoms with van der Waals surface area (Å²) in [7, 11) is -1.40. The number of carbonyl (C=O) groups is 1. The van der Waals surface area contributed by atoms with E-state index in [2.05, 4.69) is 9.71 Å². The Balaban J connectivity index is 1.87. The first kappa shape index (κ1) is 19.8. The Labute approximate surface area is 172 Å². The molecule has 3 rings (SSSR count). The van der Waals surface area contributed by atoms with Crippen LogP contribution in [-0.2, 0) is 22.1 Å². The lowest BCUT2D eigenvalue weighted by molar-refractivity contribution is 0.00719. The molecular formula is C21H33N3O3S. The second-order valence-electron chi connectivity index (χ2n) is 9.78. The molecule has 1 spiro atoms. The van der Waals surface area contributed by atoms with Crippen molar-refractivity contribution in [3.8, 4) is 0 Å². The summed E-state index contributed by atoms with van der Waals surface area (Å²) < 4.78 is 30.6. The van der Waals surface area contributed by atoms with Crippen molar-refractivity contribution in [1.82, 2.24) is 14.6 Å². The van der Waals surface area contributed by atoms with Crippen LogP contribution in [0.5, 0.6) is 0 Å². The minimum atomic E-state index is -1.40. The summed E-state index contributed by atoms with van der Waals surface area (Å²) in [5.41, 5.74) is 0.669. The third-order valence-electron chi connectivity index (χ3n) is 5.32. The van der Waals surface area contributed by atoms with Gasteiger partial charge in [0.15, 0.2) is 0 Å². The number of likely N-dealkylation sites (tertiary alicyclic amines) is 1. The van der Waals surface area contributed by atoms with Crippen molar-refractivity contribution in [1.29, 1.82) is 0 Å². The van der Waals surface area contributed by atoms with Gasteiger partial charge in [-0.25, -0.2) is 13.7 Å². The van der Waals surface area contributed by atoms with Crippen molar-refractivity contribution < 1.29 is 15.1 Å². The van der Waals surface area contributed by atoms with Crippen LogP contribution in [0.1, 0.15) is 73.0 Å². The Bertz CT molecular complexity index is 810. The van der Waals surface area contributed by atoms with E-state index in [4.69, 9.17) is 4.74 Å². The standard InChI is InChI=1S/C21H33N3O3S/c1-19(2,3)27-18(25)24-12-9-21(10-13-24)14-16-15(8-7-11-22-16)17(21)23-28(26)20(4,5)6/h7-8,11,17,23H,9-10,12-14H2,1-6H3/t17-,28-/m1/s1/i17D. The molecule has 1 fully saturated rings. The van der Waals surface area contributed by atoms with Crippen molar-refractivity contribution in [2.45, 2.75) is 77.2 Å². The molecule has 6 nitrogen and oxygen atoms in total. The number of nitrogens with zero attached hydrogens (tertiary/aromatic N) is 2. The number of ether oxygens (including phenoxy) is 1. The molecule has 0 radical (unpaired) electrons. The monoisotopic (exact) mass is 408 g/mol. The number of amides is 1. The lowest BCUT2D eigenvalue weighted by Gasteiger charge is -2.43. The van der Waals surface area contributed by atoms with Crippen LogP contribution in [0.25, 0.3) is 0 Å². The molecule has 1 aromatic heterocycles. The molecule has 1 aliphatic heterocycles. The van der Waals surface area contributed by atoms with Gasteiger partial charge in [0.2, 0.25) is 0 Å². The summed E-state index contributed by atoms with van der Waals surface area (Å²) in [4.78, 5) is 18.7. The van der Waals surface area contributed by atoms with Crippen LogP contribution in [0.4, 0.5) is 4.79 Å². The molecule has 2 heterocycles. The zero-order chi connectivity index (χ0) is 21.7. The average Bonchev–Trinajstić information content (AvgIpc) is 2.82. The van der Waals surface area contributed by atoms with Gasteiger partial charge in [0.05, 0.1) is 23.1 Å². The number of hydrogen-bond acceptors (Lipinski definition) is 4. The fourth-order valence-electron chi connectivity index (χ4n) is 3.78. The maximum atomic E-state index is 13.0. The van der Waals surface area contributed by atoms with Crippen LogP contribution >= 0.6 is 0 Å². The number of fused-ring (bicyclic) bond motifs is 1. The van der Waals surface area contributed by atoms with E-state index in [1.807, 2.05) is 53.7 Å². The highest BCUT2D eigenvalue weighted by Crippen LogP contribution is 2.51. The van der Waals surface area contributed by atoms with Crippen LogP contribution in [0.15, 0.2) is 18.3 Å². The molecule has 1 aliphatic carbocycles. The zero-order valence-electron chi connectivity index (χ0n) is 18.8. The first-order valence-corrected chi connectivity index (χ1v) is 11.0. The van der Waals surface area contributed by atoms with Gasteiger partial charge in [0.25, 0.3) is 0 Å². The van der Waals surface area contributed by atoms with Gasteiger partial charge in [0, 0.05) is 25.0 Å². The number of pyridine rings is 1. The third-order valence-corrected chi connectivity index (χ3v) is 6.82. The van der Waals surface area contributed by atoms with E-state index in [0.29, 0.717) is 32.4 Å². The summed E-state index contributed by atoms with van der Waals surface area (Å²) in [6, 6.07) is 2.53. The number of aromatic nitrogens is 1. The molecule has 0 unspecified atom stereocenters. The predicted octanol–water partition coefficient (Wildman–Crippen LogP) is 3.75. The molecule has 28 heavy (non-hydrogen) atoms. The molecule has 0 saturated carbocycles. The fraction of sp³-hybridized carbons (Fsp3) is 0.714. The van der Waals surface area contributed by atoms with E-state index >= 15 is 0 Å². The summed E-state index contributed by atoms with van der Waals surface area (Å²) >= 11 is 0. The van der Waals surface area contributed by atoms with E-state index in [-0.39, 0.29) is 6.09 Å². The second kappa shape index (κ2) is 7.41. The molecular weight excluding hydrogens is 374 g/mol. The molecule has 0 aromatic carbocycles. The smallest absolute Gasteiger partial charge is 0.410 e. The van der Waals surface area contributed by atoms with Crippen LogP contribution in [0.2, 0.25) is 0 Å². The number of rotatable bonds is 2. The van der Waals surface area contributed by atoms with Crippen molar-refractivity contribution in [2.75, 3.05) is 13.1 Å². The molecule has 1 amide bonds. The van der Waals surface area contributed by atoms with Crippen molar-refractivity contribution >= 4 is 17.1 Å². The Hall–Kier alpha value is -1.47. The van der Waals surface area contributed by atoms with Crippen LogP contribution in [0, 0.1) is 5.41 Å². The molecule has 1 saturated heterocycles. The molecule has 1 N–H and O–H groups in total. The van der Waals surface area contributed by atoms with Gasteiger partial charge in [0.1, 0.15) is 5.60 Å². The first-order valence-electron chi connectivity index (χ1n) is 10.4. The SMILES string of the molecule is [2H][C@@]1(N[S@](=O)C(C)(C)C)c2cccnc2CC12CCN(C(=O)OC(C)(C)C)CC2. The van der Waals surface area contributed by atoms with Crippen LogP contribution in [-0.4, -0.2) is 43.6 Å². The first-order chi connectivity index (χ1) is 13.3. The van der Waals surface area contributed by atoms with E-state index in [1.54, 1.807) is 11.1 Å². The Morgan fingerprint density at radius 2 is 1.96 bits per heavy atom. The minimum Gasteiger partial charge on any atom is -0.444 e. The predicted molar refractivity (Wildman–Crippen MR) is 111 cm³/mol. The highest BCUT2D eigenvalue weighted by atomic mass is 32.2. The molecule has 7 heteroatoms. The Morgan fingerprint density at radius 3 is 2.54 bits per heavy atom. The minimum absolute atomic E-state index is 0.317. The molecule has 1 aromatic rings. The summed E-state index contributed by atoms with van der Waals surface area (Å²) in [6.45, 7) is 12.3. The summed E-state index contributed by atoms with van der Waals surface area (Å²) in [5.74, 6) is 0. The van der Waals surface area contributed by atoms with Crippen molar-refractivity contribution in [3.05, 3.63) is 29.6 Å². The third kappa shape index (κ3) is 4.40. The van der Waals surface area contributed by atoms with E-state index in [1.165, 1.54) is 0 Å². The largest absolute Gasteiger partial charge is 0.444 e. The molecule has 156 valence electrons. The lowest BCUT2D eigenvalue weighted by Crippen LogP contribution is -2.49.